The molecule has 1 saturated heterocycles. The molecule has 28 heavy (non-hydrogen) atoms. The Kier molecular flexibility index (Phi) is 7.18. The summed E-state index contributed by atoms with van der Waals surface area (Å²) in [7, 11) is 4.02. The molecule has 0 bridgehead atoms. The number of hydrogen-bond donors (Lipinski definition) is 0. The van der Waals surface area contributed by atoms with Gasteiger partial charge in [-0.1, -0.05) is 35.9 Å². The fraction of sp³-hybridized carbons (Fsp3) is 0.409. The zero-order chi connectivity index (χ0) is 19.9. The van der Waals surface area contributed by atoms with Crippen LogP contribution in [-0.4, -0.2) is 50.8 Å². The maximum absolute atomic E-state index is 12.9. The average Bonchev–Trinajstić information content (AvgIpc) is 3.20. The van der Waals surface area contributed by atoms with Crippen LogP contribution in [0.15, 0.2) is 48.5 Å². The van der Waals surface area contributed by atoms with Gasteiger partial charge in [-0.15, -0.1) is 0 Å². The quantitative estimate of drug-likeness (QED) is 0.669. The van der Waals surface area contributed by atoms with Crippen molar-refractivity contribution in [1.29, 1.82) is 0 Å². The van der Waals surface area contributed by atoms with Gasteiger partial charge in [-0.25, -0.2) is 0 Å². The number of para-hydroxylation sites is 1. The fourth-order valence-corrected chi connectivity index (χ4v) is 3.39. The van der Waals surface area contributed by atoms with E-state index in [9.17, 15) is 4.79 Å². The molecule has 3 rings (SSSR count). The van der Waals surface area contributed by atoms with Crippen molar-refractivity contribution in [3.63, 3.8) is 0 Å². The molecule has 0 unspecified atom stereocenters. The number of hydrogen-bond acceptors (Lipinski definition) is 4. The van der Waals surface area contributed by atoms with E-state index in [1.807, 2.05) is 31.1 Å². The highest BCUT2D eigenvalue weighted by Crippen LogP contribution is 2.23. The van der Waals surface area contributed by atoms with E-state index in [1.165, 1.54) is 0 Å². The molecule has 2 aromatic rings. The van der Waals surface area contributed by atoms with Gasteiger partial charge in [0.2, 0.25) is 0 Å². The molecule has 150 valence electrons. The smallest absolute Gasteiger partial charge is 0.260 e. The second-order valence-electron chi connectivity index (χ2n) is 7.19. The third-order valence-electron chi connectivity index (χ3n) is 4.81. The van der Waals surface area contributed by atoms with Crippen LogP contribution in [0.4, 0.5) is 5.69 Å². The van der Waals surface area contributed by atoms with Crippen molar-refractivity contribution in [2.24, 2.45) is 0 Å². The lowest BCUT2D eigenvalue weighted by Crippen LogP contribution is -2.39. The average molecular weight is 403 g/mol. The molecule has 1 heterocycles. The Morgan fingerprint density at radius 3 is 2.57 bits per heavy atom. The van der Waals surface area contributed by atoms with Crippen LogP contribution in [0.1, 0.15) is 18.4 Å². The lowest BCUT2D eigenvalue weighted by Gasteiger charge is -2.26. The van der Waals surface area contributed by atoms with Crippen molar-refractivity contribution >= 4 is 23.2 Å². The van der Waals surface area contributed by atoms with E-state index in [2.05, 4.69) is 29.2 Å². The number of carbonyl (C=O) groups is 1. The molecule has 1 aliphatic rings. The summed E-state index contributed by atoms with van der Waals surface area (Å²) in [4.78, 5) is 16.8. The summed E-state index contributed by atoms with van der Waals surface area (Å²) in [5, 5.41) is 0.500. The van der Waals surface area contributed by atoms with Crippen LogP contribution in [-0.2, 0) is 16.1 Å². The Labute approximate surface area is 171 Å². The third-order valence-corrected chi connectivity index (χ3v) is 5.13. The summed E-state index contributed by atoms with van der Waals surface area (Å²) in [6.07, 6.45) is 2.11. The molecule has 0 aliphatic carbocycles. The van der Waals surface area contributed by atoms with E-state index in [-0.39, 0.29) is 18.6 Å². The molecule has 0 radical (unpaired) electrons. The molecule has 0 N–H and O–H groups in total. The van der Waals surface area contributed by atoms with Crippen LogP contribution >= 0.6 is 11.6 Å². The number of nitrogens with zero attached hydrogens (tertiary/aromatic N) is 2. The van der Waals surface area contributed by atoms with Crippen molar-refractivity contribution in [3.05, 3.63) is 59.1 Å². The number of carbonyl (C=O) groups excluding carboxylic acids is 1. The van der Waals surface area contributed by atoms with Gasteiger partial charge >= 0.3 is 0 Å². The zero-order valence-corrected chi connectivity index (χ0v) is 17.2. The monoisotopic (exact) mass is 402 g/mol. The van der Waals surface area contributed by atoms with Crippen LogP contribution in [0, 0.1) is 0 Å². The molecule has 1 amide bonds. The van der Waals surface area contributed by atoms with Gasteiger partial charge in [0.05, 0.1) is 11.1 Å². The minimum atomic E-state index is -0.0768. The maximum atomic E-state index is 12.9. The number of halogens is 1. The second-order valence-corrected chi connectivity index (χ2v) is 7.60. The fourth-order valence-electron chi connectivity index (χ4n) is 3.20. The lowest BCUT2D eigenvalue weighted by atomic mass is 10.1. The van der Waals surface area contributed by atoms with Crippen molar-refractivity contribution < 1.29 is 14.3 Å². The van der Waals surface area contributed by atoms with Crippen LogP contribution in [0.25, 0.3) is 0 Å². The van der Waals surface area contributed by atoms with Crippen molar-refractivity contribution in [3.8, 4) is 5.75 Å². The molecule has 1 aliphatic heterocycles. The number of amides is 1. The normalized spacial score (nSPS) is 16.0. The Morgan fingerprint density at radius 2 is 1.93 bits per heavy atom. The minimum absolute atomic E-state index is 0.0494. The van der Waals surface area contributed by atoms with E-state index in [0.717, 1.165) is 30.7 Å². The summed E-state index contributed by atoms with van der Waals surface area (Å²) < 4.78 is 11.4. The molecule has 0 spiro atoms. The van der Waals surface area contributed by atoms with Crippen molar-refractivity contribution in [2.45, 2.75) is 25.5 Å². The summed E-state index contributed by atoms with van der Waals surface area (Å²) in [5.74, 6) is 0.442. The van der Waals surface area contributed by atoms with Gasteiger partial charge in [0.1, 0.15) is 5.75 Å². The third kappa shape index (κ3) is 5.63. The predicted octanol–water partition coefficient (Wildman–Crippen LogP) is 3.99. The zero-order valence-electron chi connectivity index (χ0n) is 16.4. The summed E-state index contributed by atoms with van der Waals surface area (Å²) in [5.41, 5.74) is 2.21. The molecule has 6 heteroatoms. The molecule has 5 nitrogen and oxygen atoms in total. The van der Waals surface area contributed by atoms with Crippen LogP contribution in [0.2, 0.25) is 5.02 Å². The minimum Gasteiger partial charge on any atom is -0.482 e. The topological polar surface area (TPSA) is 42.0 Å². The summed E-state index contributed by atoms with van der Waals surface area (Å²) in [6.45, 7) is 1.81. The molecular formula is C22H27ClN2O3. The van der Waals surface area contributed by atoms with Gasteiger partial charge in [0, 0.05) is 39.5 Å². The number of ether oxygens (including phenoxy) is 2. The first kappa shape index (κ1) is 20.5. The molecule has 0 aromatic heterocycles. The molecule has 1 fully saturated rings. The van der Waals surface area contributed by atoms with Crippen LogP contribution in [0.5, 0.6) is 5.75 Å². The second kappa shape index (κ2) is 9.80. The highest BCUT2D eigenvalue weighted by atomic mass is 35.5. The van der Waals surface area contributed by atoms with E-state index < -0.39 is 0 Å². The molecule has 2 aromatic carbocycles. The number of anilines is 1. The van der Waals surface area contributed by atoms with Gasteiger partial charge in [0.15, 0.2) is 6.61 Å². The van der Waals surface area contributed by atoms with E-state index in [0.29, 0.717) is 23.9 Å². The lowest BCUT2D eigenvalue weighted by molar-refractivity contribution is -0.135. The van der Waals surface area contributed by atoms with E-state index >= 15 is 0 Å². The Hall–Kier alpha value is -2.24. The number of rotatable bonds is 8. The number of benzene rings is 2. The first-order valence-corrected chi connectivity index (χ1v) is 9.93. The van der Waals surface area contributed by atoms with Crippen LogP contribution in [0.3, 0.4) is 0 Å². The summed E-state index contributed by atoms with van der Waals surface area (Å²) in [6, 6.07) is 15.4. The maximum Gasteiger partial charge on any atom is 0.260 e. The van der Waals surface area contributed by atoms with Gasteiger partial charge in [-0.05, 0) is 42.7 Å². The van der Waals surface area contributed by atoms with Gasteiger partial charge in [-0.3, -0.25) is 4.79 Å². The first-order chi connectivity index (χ1) is 13.5. The molecule has 0 saturated carbocycles. The van der Waals surface area contributed by atoms with Crippen LogP contribution < -0.4 is 9.64 Å². The predicted molar refractivity (Wildman–Crippen MR) is 112 cm³/mol. The highest BCUT2D eigenvalue weighted by molar-refractivity contribution is 6.32. The van der Waals surface area contributed by atoms with Gasteiger partial charge in [0.25, 0.3) is 5.91 Å². The van der Waals surface area contributed by atoms with E-state index in [4.69, 9.17) is 21.1 Å². The molecular weight excluding hydrogens is 376 g/mol. The molecule has 1 atom stereocenters. The first-order valence-electron chi connectivity index (χ1n) is 9.56. The Morgan fingerprint density at radius 1 is 1.18 bits per heavy atom. The standard InChI is InChI=1S/C22H27ClN2O3/c1-24(2)18-11-9-17(10-12-18)14-25(15-19-6-5-13-27-19)22(26)16-28-21-8-4-3-7-20(21)23/h3-4,7-12,19H,5-6,13-16H2,1-2H3/t19-/m0/s1. The largest absolute Gasteiger partial charge is 0.482 e. The van der Waals surface area contributed by atoms with E-state index in [1.54, 1.807) is 12.1 Å². The Bertz CT molecular complexity index is 774. The van der Waals surface area contributed by atoms with Gasteiger partial charge in [-0.2, -0.15) is 0 Å². The Balaban J connectivity index is 1.66. The van der Waals surface area contributed by atoms with Gasteiger partial charge < -0.3 is 19.3 Å². The SMILES string of the molecule is CN(C)c1ccc(CN(C[C@@H]2CCCO2)C(=O)COc2ccccc2Cl)cc1. The van der Waals surface area contributed by atoms with Crippen molar-refractivity contribution in [1.82, 2.24) is 4.90 Å². The summed E-state index contributed by atoms with van der Waals surface area (Å²) >= 11 is 6.12. The van der Waals surface area contributed by atoms with Crippen molar-refractivity contribution in [2.75, 3.05) is 38.8 Å². The highest BCUT2D eigenvalue weighted by Gasteiger charge is 2.23.